The number of hydrogen-bond donors (Lipinski definition) is 1. The molecule has 2 aromatic heterocycles. The average molecular weight is 314 g/mol. The second-order valence-corrected chi connectivity index (χ2v) is 5.24. The van der Waals surface area contributed by atoms with Gasteiger partial charge in [-0.15, -0.1) is 5.10 Å². The van der Waals surface area contributed by atoms with Crippen LogP contribution in [0, 0.1) is 5.82 Å². The second-order valence-electron chi connectivity index (χ2n) is 5.24. The number of rotatable bonds is 4. The lowest BCUT2D eigenvalue weighted by Crippen LogP contribution is -2.08. The minimum Gasteiger partial charge on any atom is -0.460 e. The second kappa shape index (κ2) is 6.04. The fourth-order valence-corrected chi connectivity index (χ4v) is 2.20. The molecule has 0 aliphatic heterocycles. The molecule has 6 nitrogen and oxygen atoms in total. The van der Waals surface area contributed by atoms with Gasteiger partial charge in [0.1, 0.15) is 12.1 Å². The van der Waals surface area contributed by atoms with Crippen molar-refractivity contribution in [3.05, 3.63) is 42.6 Å². The van der Waals surface area contributed by atoms with Gasteiger partial charge in [-0.05, 0) is 32.0 Å². The van der Waals surface area contributed by atoms with Crippen LogP contribution in [0.15, 0.2) is 36.8 Å². The first-order valence-electron chi connectivity index (χ1n) is 7.10. The molecule has 3 aromatic rings. The molecule has 0 radical (unpaired) electrons. The van der Waals surface area contributed by atoms with Crippen molar-refractivity contribution in [1.29, 1.82) is 0 Å². The largest absolute Gasteiger partial charge is 0.460 e. The number of aromatic nitrogens is 4. The highest BCUT2D eigenvalue weighted by Gasteiger charge is 2.11. The van der Waals surface area contributed by atoms with Crippen molar-refractivity contribution in [3.63, 3.8) is 0 Å². The van der Waals surface area contributed by atoms with Crippen LogP contribution in [0.4, 0.5) is 4.39 Å². The van der Waals surface area contributed by atoms with Crippen molar-refractivity contribution in [2.45, 2.75) is 20.0 Å². The van der Waals surface area contributed by atoms with Crippen LogP contribution < -0.4 is 0 Å². The van der Waals surface area contributed by atoms with E-state index in [9.17, 15) is 9.18 Å². The summed E-state index contributed by atoms with van der Waals surface area (Å²) in [4.78, 5) is 18.6. The summed E-state index contributed by atoms with van der Waals surface area (Å²) in [6.45, 7) is 3.54. The van der Waals surface area contributed by atoms with Crippen LogP contribution in [0.25, 0.3) is 28.5 Å². The lowest BCUT2D eigenvalue weighted by atomic mass is 10.1. The molecule has 0 atom stereocenters. The third-order valence-corrected chi connectivity index (χ3v) is 3.10. The summed E-state index contributed by atoms with van der Waals surface area (Å²) in [5, 5.41) is 5.06. The summed E-state index contributed by atoms with van der Waals surface area (Å²) in [5.74, 6) is -0.464. The van der Waals surface area contributed by atoms with E-state index in [1.807, 2.05) is 6.07 Å². The van der Waals surface area contributed by atoms with Crippen molar-refractivity contribution in [2.75, 3.05) is 0 Å². The summed E-state index contributed by atoms with van der Waals surface area (Å²) >= 11 is 0. The molecule has 3 rings (SSSR count). The molecule has 0 saturated heterocycles. The van der Waals surface area contributed by atoms with Gasteiger partial charge in [-0.3, -0.25) is 0 Å². The zero-order valence-corrected chi connectivity index (χ0v) is 12.7. The average Bonchev–Trinajstić information content (AvgIpc) is 3.12. The Kier molecular flexibility index (Phi) is 3.92. The van der Waals surface area contributed by atoms with Gasteiger partial charge < -0.3 is 9.72 Å². The Bertz CT molecular complexity index is 879. The summed E-state index contributed by atoms with van der Waals surface area (Å²) < 4.78 is 20.0. The first-order chi connectivity index (χ1) is 11.0. The third kappa shape index (κ3) is 3.28. The highest BCUT2D eigenvalue weighted by atomic mass is 19.1. The molecule has 0 spiro atoms. The number of fused-ring (bicyclic) bond motifs is 1. The number of aromatic amines is 1. The number of carbonyl (C=O) groups excluding carboxylic acids is 1. The van der Waals surface area contributed by atoms with Crippen molar-refractivity contribution in [2.24, 2.45) is 0 Å². The van der Waals surface area contributed by atoms with Gasteiger partial charge in [0, 0.05) is 34.9 Å². The van der Waals surface area contributed by atoms with E-state index in [-0.39, 0.29) is 11.9 Å². The first kappa shape index (κ1) is 15.0. The molecule has 2 heterocycles. The van der Waals surface area contributed by atoms with Crippen LogP contribution in [0.1, 0.15) is 13.8 Å². The molecule has 118 valence electrons. The summed E-state index contributed by atoms with van der Waals surface area (Å²) in [6.07, 6.45) is 5.68. The predicted molar refractivity (Wildman–Crippen MR) is 83.8 cm³/mol. The van der Waals surface area contributed by atoms with E-state index in [1.165, 1.54) is 35.4 Å². The van der Waals surface area contributed by atoms with Crippen LogP contribution in [0.2, 0.25) is 0 Å². The maximum Gasteiger partial charge on any atom is 0.332 e. The molecule has 23 heavy (non-hydrogen) atoms. The number of halogens is 1. The standard InChI is InChI=1S/C16H15FN4O2/c1-10(2)23-15(22)4-6-21-9-19-16(20-21)13-7-11(17)8-14-12(13)3-5-18-14/h3-10,18H,1-2H3/b6-4-. The smallest absolute Gasteiger partial charge is 0.332 e. The zero-order valence-electron chi connectivity index (χ0n) is 12.7. The Hall–Kier alpha value is -2.96. The van der Waals surface area contributed by atoms with Gasteiger partial charge >= 0.3 is 5.97 Å². The Morgan fingerprint density at radius 3 is 3.04 bits per heavy atom. The fraction of sp³-hybridized carbons (Fsp3) is 0.188. The summed E-state index contributed by atoms with van der Waals surface area (Å²) in [7, 11) is 0. The van der Waals surface area contributed by atoms with E-state index in [1.54, 1.807) is 20.0 Å². The Morgan fingerprint density at radius 2 is 2.26 bits per heavy atom. The lowest BCUT2D eigenvalue weighted by Gasteiger charge is -2.03. The zero-order chi connectivity index (χ0) is 16.4. The van der Waals surface area contributed by atoms with Gasteiger partial charge in [0.25, 0.3) is 0 Å². The van der Waals surface area contributed by atoms with E-state index in [4.69, 9.17) is 4.74 Å². The maximum atomic E-state index is 13.7. The lowest BCUT2D eigenvalue weighted by molar-refractivity contribution is -0.141. The van der Waals surface area contributed by atoms with Gasteiger partial charge in [-0.1, -0.05) is 0 Å². The van der Waals surface area contributed by atoms with Crippen molar-refractivity contribution in [1.82, 2.24) is 19.7 Å². The molecule has 1 N–H and O–H groups in total. The number of hydrogen-bond acceptors (Lipinski definition) is 4. The maximum absolute atomic E-state index is 13.7. The van der Waals surface area contributed by atoms with Gasteiger partial charge in [0.2, 0.25) is 0 Å². The minimum atomic E-state index is -0.462. The minimum absolute atomic E-state index is 0.187. The predicted octanol–water partition coefficient (Wildman–Crippen LogP) is 2.99. The molecule has 0 saturated carbocycles. The fourth-order valence-electron chi connectivity index (χ4n) is 2.20. The van der Waals surface area contributed by atoms with Gasteiger partial charge in [-0.25, -0.2) is 18.9 Å². The number of nitrogens with one attached hydrogen (secondary N) is 1. The molecule has 0 amide bonds. The van der Waals surface area contributed by atoms with E-state index in [2.05, 4.69) is 15.1 Å². The third-order valence-electron chi connectivity index (χ3n) is 3.10. The Labute approximate surface area is 131 Å². The highest BCUT2D eigenvalue weighted by molar-refractivity contribution is 5.93. The topological polar surface area (TPSA) is 72.8 Å². The van der Waals surface area contributed by atoms with Crippen molar-refractivity contribution < 1.29 is 13.9 Å². The first-order valence-corrected chi connectivity index (χ1v) is 7.10. The highest BCUT2D eigenvalue weighted by Crippen LogP contribution is 2.26. The number of nitrogens with zero attached hydrogens (tertiary/aromatic N) is 3. The van der Waals surface area contributed by atoms with Crippen LogP contribution in [0.3, 0.4) is 0 Å². The Morgan fingerprint density at radius 1 is 1.43 bits per heavy atom. The normalized spacial score (nSPS) is 11.7. The number of benzene rings is 1. The molecule has 0 bridgehead atoms. The Balaban J connectivity index is 1.88. The molecule has 0 aliphatic rings. The van der Waals surface area contributed by atoms with Crippen LogP contribution in [0.5, 0.6) is 0 Å². The molecular weight excluding hydrogens is 299 g/mol. The summed E-state index contributed by atoms with van der Waals surface area (Å²) in [6, 6.07) is 4.63. The summed E-state index contributed by atoms with van der Waals surface area (Å²) in [5.41, 5.74) is 1.26. The van der Waals surface area contributed by atoms with E-state index in [0.29, 0.717) is 16.9 Å². The van der Waals surface area contributed by atoms with Crippen molar-refractivity contribution >= 4 is 23.1 Å². The molecule has 7 heteroatoms. The van der Waals surface area contributed by atoms with Crippen LogP contribution >= 0.6 is 0 Å². The molecule has 0 unspecified atom stereocenters. The number of ether oxygens (including phenoxy) is 1. The molecule has 1 aromatic carbocycles. The van der Waals surface area contributed by atoms with Gasteiger partial charge in [-0.2, -0.15) is 0 Å². The van der Waals surface area contributed by atoms with Crippen LogP contribution in [-0.4, -0.2) is 31.8 Å². The van der Waals surface area contributed by atoms with E-state index >= 15 is 0 Å². The van der Waals surface area contributed by atoms with Crippen LogP contribution in [-0.2, 0) is 9.53 Å². The van der Waals surface area contributed by atoms with E-state index < -0.39 is 5.97 Å². The van der Waals surface area contributed by atoms with Crippen molar-refractivity contribution in [3.8, 4) is 11.4 Å². The SMILES string of the molecule is CC(C)OC(=O)/C=C\n1cnc(-c2cc(F)cc3[nH]ccc23)n1. The number of carbonyl (C=O) groups is 1. The molecule has 0 fully saturated rings. The monoisotopic (exact) mass is 314 g/mol. The van der Waals surface area contributed by atoms with E-state index in [0.717, 1.165) is 5.39 Å². The quantitative estimate of drug-likeness (QED) is 0.593. The van der Waals surface area contributed by atoms with Gasteiger partial charge in [0.15, 0.2) is 5.82 Å². The molecule has 0 aliphatic carbocycles. The number of esters is 1. The van der Waals surface area contributed by atoms with Gasteiger partial charge in [0.05, 0.1) is 6.10 Å². The molecular formula is C16H15FN4O2. The number of H-pyrrole nitrogens is 1.